The number of aromatic nitrogens is 2. The summed E-state index contributed by atoms with van der Waals surface area (Å²) < 4.78 is 0. The fourth-order valence-electron chi connectivity index (χ4n) is 1.35. The van der Waals surface area contributed by atoms with E-state index in [9.17, 15) is 0 Å². The van der Waals surface area contributed by atoms with Gasteiger partial charge in [-0.2, -0.15) is 5.26 Å². The molecule has 3 heteroatoms. The molecule has 0 amide bonds. The summed E-state index contributed by atoms with van der Waals surface area (Å²) in [6.45, 7) is 2.02. The van der Waals surface area contributed by atoms with Gasteiger partial charge in [-0.3, -0.25) is 0 Å². The molecule has 0 aliphatic carbocycles. The van der Waals surface area contributed by atoms with E-state index in [1.807, 2.05) is 31.2 Å². The first-order valence-corrected chi connectivity index (χ1v) is 4.58. The summed E-state index contributed by atoms with van der Waals surface area (Å²) in [5.74, 6) is 0. The van der Waals surface area contributed by atoms with Crippen LogP contribution in [0.2, 0.25) is 0 Å². The average Bonchev–Trinajstić information content (AvgIpc) is 2.30. The van der Waals surface area contributed by atoms with Crippen molar-refractivity contribution >= 4 is 0 Å². The lowest BCUT2D eigenvalue weighted by Gasteiger charge is -2.02. The van der Waals surface area contributed by atoms with Crippen molar-refractivity contribution < 1.29 is 0 Å². The van der Waals surface area contributed by atoms with Gasteiger partial charge in [0.15, 0.2) is 0 Å². The van der Waals surface area contributed by atoms with E-state index in [4.69, 9.17) is 5.26 Å². The molecule has 72 valence electrons. The summed E-state index contributed by atoms with van der Waals surface area (Å²) in [5.41, 5.74) is 3.32. The Balaban J connectivity index is 2.55. The Morgan fingerprint density at radius 2 is 1.93 bits per heavy atom. The van der Waals surface area contributed by atoms with E-state index in [2.05, 4.69) is 16.0 Å². The summed E-state index contributed by atoms with van der Waals surface area (Å²) in [5, 5.41) is 8.90. The van der Waals surface area contributed by atoms with Crippen molar-refractivity contribution in [1.82, 2.24) is 9.97 Å². The van der Waals surface area contributed by atoms with Gasteiger partial charge < -0.3 is 0 Å². The van der Waals surface area contributed by atoms with Gasteiger partial charge in [0, 0.05) is 11.8 Å². The van der Waals surface area contributed by atoms with Gasteiger partial charge in [-0.25, -0.2) is 9.97 Å². The minimum atomic E-state index is 0.501. The third-order valence-electron chi connectivity index (χ3n) is 2.16. The summed E-state index contributed by atoms with van der Waals surface area (Å²) in [7, 11) is 0. The number of hydrogen-bond donors (Lipinski definition) is 0. The first-order chi connectivity index (χ1) is 7.31. The van der Waals surface area contributed by atoms with Crippen LogP contribution in [0.15, 0.2) is 36.8 Å². The predicted octanol–water partition coefficient (Wildman–Crippen LogP) is 2.32. The van der Waals surface area contributed by atoms with E-state index in [1.54, 1.807) is 0 Å². The van der Waals surface area contributed by atoms with Crippen LogP contribution < -0.4 is 0 Å². The molecule has 0 saturated carbocycles. The molecule has 1 aromatic carbocycles. The van der Waals surface area contributed by atoms with Gasteiger partial charge in [0.25, 0.3) is 0 Å². The van der Waals surface area contributed by atoms with Crippen LogP contribution in [0, 0.1) is 18.3 Å². The van der Waals surface area contributed by atoms with Gasteiger partial charge in [-0.05, 0) is 6.92 Å². The van der Waals surface area contributed by atoms with E-state index in [0.29, 0.717) is 11.3 Å². The maximum Gasteiger partial charge on any atom is 0.116 e. The summed E-state index contributed by atoms with van der Waals surface area (Å²) in [6, 6.07) is 9.99. The first kappa shape index (κ1) is 9.35. The summed E-state index contributed by atoms with van der Waals surface area (Å²) in [4.78, 5) is 7.94. The molecule has 3 nitrogen and oxygen atoms in total. The van der Waals surface area contributed by atoms with Crippen molar-refractivity contribution in [1.29, 1.82) is 5.26 Å². The molecular weight excluding hydrogens is 186 g/mol. The molecular formula is C12H9N3. The summed E-state index contributed by atoms with van der Waals surface area (Å²) in [6.07, 6.45) is 2.98. The van der Waals surface area contributed by atoms with E-state index >= 15 is 0 Å². The topological polar surface area (TPSA) is 49.6 Å². The Bertz CT molecular complexity index is 509. The zero-order valence-corrected chi connectivity index (χ0v) is 8.31. The smallest absolute Gasteiger partial charge is 0.116 e. The first-order valence-electron chi connectivity index (χ1n) is 4.58. The van der Waals surface area contributed by atoms with Crippen molar-refractivity contribution in [2.75, 3.05) is 0 Å². The highest BCUT2D eigenvalue weighted by Gasteiger charge is 2.05. The molecule has 0 saturated heterocycles. The summed E-state index contributed by atoms with van der Waals surface area (Å²) >= 11 is 0. The second-order valence-electron chi connectivity index (χ2n) is 3.26. The van der Waals surface area contributed by atoms with Gasteiger partial charge in [-0.15, -0.1) is 0 Å². The monoisotopic (exact) mass is 195 g/mol. The van der Waals surface area contributed by atoms with Crippen molar-refractivity contribution in [3.8, 4) is 17.3 Å². The van der Waals surface area contributed by atoms with Crippen LogP contribution in [0.3, 0.4) is 0 Å². The molecule has 0 radical (unpaired) electrons. The predicted molar refractivity (Wildman–Crippen MR) is 56.9 cm³/mol. The number of nitriles is 1. The zero-order valence-electron chi connectivity index (χ0n) is 8.31. The van der Waals surface area contributed by atoms with Crippen LogP contribution in [0.1, 0.15) is 11.1 Å². The third kappa shape index (κ3) is 1.84. The number of hydrogen-bond acceptors (Lipinski definition) is 3. The molecule has 1 aromatic heterocycles. The molecule has 2 rings (SSSR count). The highest BCUT2D eigenvalue weighted by Crippen LogP contribution is 2.19. The van der Waals surface area contributed by atoms with E-state index in [1.165, 1.54) is 18.1 Å². The van der Waals surface area contributed by atoms with Gasteiger partial charge in [-0.1, -0.05) is 29.8 Å². The van der Waals surface area contributed by atoms with Gasteiger partial charge in [0.1, 0.15) is 12.4 Å². The van der Waals surface area contributed by atoms with Crippen LogP contribution >= 0.6 is 0 Å². The Kier molecular flexibility index (Phi) is 2.42. The normalized spacial score (nSPS) is 9.60. The minimum absolute atomic E-state index is 0.501. The van der Waals surface area contributed by atoms with E-state index in [-0.39, 0.29) is 0 Å². The maximum atomic E-state index is 8.90. The minimum Gasteiger partial charge on any atom is -0.243 e. The highest BCUT2D eigenvalue weighted by molar-refractivity contribution is 5.65. The maximum absolute atomic E-state index is 8.90. The lowest BCUT2D eigenvalue weighted by Crippen LogP contribution is -1.90. The van der Waals surface area contributed by atoms with E-state index < -0.39 is 0 Å². The quantitative estimate of drug-likeness (QED) is 0.701. The van der Waals surface area contributed by atoms with Gasteiger partial charge in [0.05, 0.1) is 11.3 Å². The largest absolute Gasteiger partial charge is 0.243 e. The van der Waals surface area contributed by atoms with Crippen LogP contribution in [0.25, 0.3) is 11.3 Å². The average molecular weight is 195 g/mol. The molecule has 15 heavy (non-hydrogen) atoms. The lowest BCUT2D eigenvalue weighted by molar-refractivity contribution is 1.16. The van der Waals surface area contributed by atoms with E-state index in [0.717, 1.165) is 5.56 Å². The fourth-order valence-corrected chi connectivity index (χ4v) is 1.35. The third-order valence-corrected chi connectivity index (χ3v) is 2.16. The zero-order chi connectivity index (χ0) is 10.7. The number of aryl methyl sites for hydroxylation is 1. The second-order valence-corrected chi connectivity index (χ2v) is 3.26. The van der Waals surface area contributed by atoms with Gasteiger partial charge >= 0.3 is 0 Å². The van der Waals surface area contributed by atoms with Crippen LogP contribution in [-0.2, 0) is 0 Å². The van der Waals surface area contributed by atoms with Crippen molar-refractivity contribution in [3.63, 3.8) is 0 Å². The molecule has 0 aliphatic rings. The van der Waals surface area contributed by atoms with Crippen molar-refractivity contribution in [2.24, 2.45) is 0 Å². The molecule has 0 aliphatic heterocycles. The van der Waals surface area contributed by atoms with Crippen molar-refractivity contribution in [3.05, 3.63) is 47.9 Å². The van der Waals surface area contributed by atoms with Crippen LogP contribution in [0.4, 0.5) is 0 Å². The molecule has 2 aromatic rings. The standard InChI is InChI=1S/C12H9N3/c1-9-2-4-10(5-3-9)12-11(6-13)7-14-8-15-12/h2-5,7-8H,1H3. The Hall–Kier alpha value is -2.21. The number of benzene rings is 1. The molecule has 0 atom stereocenters. The molecule has 0 bridgehead atoms. The van der Waals surface area contributed by atoms with Gasteiger partial charge in [0.2, 0.25) is 0 Å². The van der Waals surface area contributed by atoms with Crippen LogP contribution in [0.5, 0.6) is 0 Å². The van der Waals surface area contributed by atoms with Crippen LogP contribution in [-0.4, -0.2) is 9.97 Å². The molecule has 0 spiro atoms. The Labute approximate surface area is 88.1 Å². The second kappa shape index (κ2) is 3.89. The Morgan fingerprint density at radius 1 is 1.20 bits per heavy atom. The number of nitrogens with zero attached hydrogens (tertiary/aromatic N) is 3. The molecule has 0 fully saturated rings. The fraction of sp³-hybridized carbons (Fsp3) is 0.0833. The highest BCUT2D eigenvalue weighted by atomic mass is 14.8. The van der Waals surface area contributed by atoms with Crippen molar-refractivity contribution in [2.45, 2.75) is 6.92 Å². The molecule has 1 heterocycles. The molecule has 0 N–H and O–H groups in total. The number of rotatable bonds is 1. The SMILES string of the molecule is Cc1ccc(-c2ncncc2C#N)cc1. The lowest BCUT2D eigenvalue weighted by atomic mass is 10.1. The Morgan fingerprint density at radius 3 is 2.60 bits per heavy atom. The molecule has 0 unspecified atom stereocenters.